The van der Waals surface area contributed by atoms with Crippen molar-refractivity contribution < 1.29 is 14.4 Å². The Morgan fingerprint density at radius 2 is 2.23 bits per heavy atom. The number of nitrogens with zero attached hydrogens (tertiary/aromatic N) is 2. The van der Waals surface area contributed by atoms with Crippen molar-refractivity contribution in [3.63, 3.8) is 0 Å². The van der Waals surface area contributed by atoms with Crippen LogP contribution in [-0.2, 0) is 0 Å². The molecule has 0 aliphatic carbocycles. The lowest BCUT2D eigenvalue weighted by Crippen LogP contribution is -2.31. The van der Waals surface area contributed by atoms with Gasteiger partial charge in [-0.3, -0.25) is 15.5 Å². The van der Waals surface area contributed by atoms with Crippen molar-refractivity contribution >= 4 is 29.2 Å². The molecule has 0 saturated heterocycles. The number of nitrogens with one attached hydrogen (secondary N) is 2. The van der Waals surface area contributed by atoms with Crippen LogP contribution in [0.4, 0.5) is 5.69 Å². The van der Waals surface area contributed by atoms with Crippen LogP contribution in [0, 0.1) is 10.1 Å². The molecule has 0 bridgehead atoms. The monoisotopic (exact) mass is 326 g/mol. The first kappa shape index (κ1) is 17.6. The van der Waals surface area contributed by atoms with Crippen LogP contribution in [0.25, 0.3) is 0 Å². The van der Waals surface area contributed by atoms with Gasteiger partial charge in [0.1, 0.15) is 0 Å². The fourth-order valence-corrected chi connectivity index (χ4v) is 1.85. The average Bonchev–Trinajstić information content (AvgIpc) is 2.47. The van der Waals surface area contributed by atoms with Crippen LogP contribution in [0.3, 0.4) is 0 Å². The molecule has 0 aromatic heterocycles. The molecule has 0 aliphatic rings. The molecule has 0 amide bonds. The van der Waals surface area contributed by atoms with Crippen LogP contribution >= 0.6 is 12.2 Å². The Morgan fingerprint density at radius 3 is 2.77 bits per heavy atom. The van der Waals surface area contributed by atoms with Gasteiger partial charge in [0, 0.05) is 18.2 Å². The van der Waals surface area contributed by atoms with Gasteiger partial charge in [0.2, 0.25) is 5.75 Å². The Bertz CT molecular complexity index is 577. The topological polar surface area (TPSA) is 98.0 Å². The number of thiocarbonyl (C=S) groups is 1. The lowest BCUT2D eigenvalue weighted by molar-refractivity contribution is -0.385. The third kappa shape index (κ3) is 4.85. The van der Waals surface area contributed by atoms with Gasteiger partial charge in [-0.25, -0.2) is 0 Å². The predicted octanol–water partition coefficient (Wildman–Crippen LogP) is 1.82. The van der Waals surface area contributed by atoms with Crippen LogP contribution in [0.2, 0.25) is 0 Å². The molecule has 0 heterocycles. The molecular formula is C13H18N4O4S. The summed E-state index contributed by atoms with van der Waals surface area (Å²) < 4.78 is 10.4. The molecule has 120 valence electrons. The fraction of sp³-hybridized carbons (Fsp3) is 0.385. The number of ether oxygens (including phenoxy) is 2. The van der Waals surface area contributed by atoms with Crippen molar-refractivity contribution in [2.24, 2.45) is 5.10 Å². The first-order chi connectivity index (χ1) is 10.5. The third-order valence-electron chi connectivity index (χ3n) is 2.48. The highest BCUT2D eigenvalue weighted by Gasteiger charge is 2.21. The Kier molecular flexibility index (Phi) is 7.03. The Balaban J connectivity index is 3.07. The zero-order chi connectivity index (χ0) is 16.5. The molecule has 2 N–H and O–H groups in total. The van der Waals surface area contributed by atoms with Gasteiger partial charge in [-0.15, -0.1) is 0 Å². The molecule has 1 aromatic carbocycles. The van der Waals surface area contributed by atoms with Gasteiger partial charge in [0.25, 0.3) is 0 Å². The summed E-state index contributed by atoms with van der Waals surface area (Å²) in [5.74, 6) is 0.370. The number of hydrogen-bond donors (Lipinski definition) is 2. The SMILES string of the molecule is CCNC(=S)N/N=C/c1cc(OCC)c(OC)c([N+](=O)[O-])c1. The Morgan fingerprint density at radius 1 is 1.50 bits per heavy atom. The first-order valence-electron chi connectivity index (χ1n) is 6.59. The largest absolute Gasteiger partial charge is 0.490 e. The minimum Gasteiger partial charge on any atom is -0.490 e. The fourth-order valence-electron chi connectivity index (χ4n) is 1.65. The lowest BCUT2D eigenvalue weighted by atomic mass is 10.2. The van der Waals surface area contributed by atoms with E-state index in [4.69, 9.17) is 21.7 Å². The van der Waals surface area contributed by atoms with E-state index in [1.807, 2.05) is 6.92 Å². The smallest absolute Gasteiger partial charge is 0.315 e. The number of methoxy groups -OCH3 is 1. The number of nitro benzene ring substituents is 1. The summed E-state index contributed by atoms with van der Waals surface area (Å²) in [6, 6.07) is 2.96. The van der Waals surface area contributed by atoms with E-state index in [9.17, 15) is 10.1 Å². The van der Waals surface area contributed by atoms with Gasteiger partial charge in [-0.1, -0.05) is 0 Å². The number of hydrazone groups is 1. The minimum atomic E-state index is -0.532. The van der Waals surface area contributed by atoms with Gasteiger partial charge in [0.05, 0.1) is 24.9 Å². The molecule has 1 aromatic rings. The normalized spacial score (nSPS) is 10.3. The van der Waals surface area contributed by atoms with Gasteiger partial charge in [-0.2, -0.15) is 5.10 Å². The summed E-state index contributed by atoms with van der Waals surface area (Å²) in [4.78, 5) is 10.6. The minimum absolute atomic E-state index is 0.0835. The lowest BCUT2D eigenvalue weighted by Gasteiger charge is -2.10. The Hall–Kier alpha value is -2.42. The second-order valence-corrected chi connectivity index (χ2v) is 4.40. The van der Waals surface area contributed by atoms with Crippen molar-refractivity contribution in [1.82, 2.24) is 10.7 Å². The molecule has 0 saturated carbocycles. The summed E-state index contributed by atoms with van der Waals surface area (Å²) in [6.07, 6.45) is 1.42. The summed E-state index contributed by atoms with van der Waals surface area (Å²) >= 11 is 4.95. The summed E-state index contributed by atoms with van der Waals surface area (Å²) in [6.45, 7) is 4.71. The quantitative estimate of drug-likeness (QED) is 0.341. The van der Waals surface area contributed by atoms with Gasteiger partial charge in [-0.05, 0) is 32.1 Å². The van der Waals surface area contributed by atoms with Crippen LogP contribution in [0.15, 0.2) is 17.2 Å². The van der Waals surface area contributed by atoms with Gasteiger partial charge in [0.15, 0.2) is 10.9 Å². The first-order valence-corrected chi connectivity index (χ1v) is 7.00. The number of benzene rings is 1. The van der Waals surface area contributed by atoms with E-state index < -0.39 is 4.92 Å². The molecule has 0 fully saturated rings. The highest BCUT2D eigenvalue weighted by Crippen LogP contribution is 2.37. The molecule has 22 heavy (non-hydrogen) atoms. The molecule has 0 aliphatic heterocycles. The van der Waals surface area contributed by atoms with E-state index in [1.165, 1.54) is 19.4 Å². The van der Waals surface area contributed by atoms with Gasteiger partial charge < -0.3 is 14.8 Å². The standard InChI is InChI=1S/C13H18N4O4S/c1-4-14-13(22)16-15-8-9-6-10(17(18)19)12(20-3)11(7-9)21-5-2/h6-8H,4-5H2,1-3H3,(H2,14,16,22)/b15-8+. The van der Waals surface area contributed by atoms with Crippen LogP contribution in [0.5, 0.6) is 11.5 Å². The number of nitro groups is 1. The van der Waals surface area contributed by atoms with Crippen molar-refractivity contribution in [2.75, 3.05) is 20.3 Å². The number of rotatable bonds is 7. The second-order valence-electron chi connectivity index (χ2n) is 3.99. The maximum absolute atomic E-state index is 11.1. The van der Waals surface area contributed by atoms with Crippen LogP contribution in [0.1, 0.15) is 19.4 Å². The van der Waals surface area contributed by atoms with Crippen molar-refractivity contribution in [3.05, 3.63) is 27.8 Å². The predicted molar refractivity (Wildman–Crippen MR) is 87.8 cm³/mol. The molecule has 0 atom stereocenters. The van der Waals surface area contributed by atoms with Crippen molar-refractivity contribution in [2.45, 2.75) is 13.8 Å². The molecule has 0 spiro atoms. The van der Waals surface area contributed by atoms with E-state index in [-0.39, 0.29) is 17.2 Å². The van der Waals surface area contributed by atoms with E-state index in [0.717, 1.165) is 0 Å². The van der Waals surface area contributed by atoms with E-state index in [0.29, 0.717) is 23.8 Å². The Labute approximate surface area is 133 Å². The van der Waals surface area contributed by atoms with Crippen molar-refractivity contribution in [1.29, 1.82) is 0 Å². The maximum Gasteiger partial charge on any atom is 0.315 e. The summed E-state index contributed by atoms with van der Waals surface area (Å²) in [7, 11) is 1.36. The average molecular weight is 326 g/mol. The molecule has 0 unspecified atom stereocenters. The van der Waals surface area contributed by atoms with E-state index in [2.05, 4.69) is 15.8 Å². The zero-order valence-corrected chi connectivity index (χ0v) is 13.4. The third-order valence-corrected chi connectivity index (χ3v) is 2.71. The summed E-state index contributed by atoms with van der Waals surface area (Å²) in [5.41, 5.74) is 2.91. The highest BCUT2D eigenvalue weighted by molar-refractivity contribution is 7.80. The zero-order valence-electron chi connectivity index (χ0n) is 12.6. The molecule has 1 rings (SSSR count). The van der Waals surface area contributed by atoms with Crippen molar-refractivity contribution in [3.8, 4) is 11.5 Å². The van der Waals surface area contributed by atoms with E-state index >= 15 is 0 Å². The molecular weight excluding hydrogens is 308 g/mol. The maximum atomic E-state index is 11.1. The highest BCUT2D eigenvalue weighted by atomic mass is 32.1. The van der Waals surface area contributed by atoms with Crippen LogP contribution < -0.4 is 20.2 Å². The van der Waals surface area contributed by atoms with E-state index in [1.54, 1.807) is 13.0 Å². The van der Waals surface area contributed by atoms with Crippen LogP contribution in [-0.4, -0.2) is 36.5 Å². The molecule has 9 heteroatoms. The summed E-state index contributed by atoms with van der Waals surface area (Å²) in [5, 5.41) is 18.3. The van der Waals surface area contributed by atoms with Gasteiger partial charge >= 0.3 is 5.69 Å². The second kappa shape index (κ2) is 8.78. The molecule has 0 radical (unpaired) electrons. The molecule has 8 nitrogen and oxygen atoms in total. The number of hydrogen-bond acceptors (Lipinski definition) is 6.